The monoisotopic (exact) mass is 255 g/mol. The molecule has 1 aliphatic heterocycles. The van der Waals surface area contributed by atoms with Crippen molar-refractivity contribution in [2.24, 2.45) is 13.0 Å². The van der Waals surface area contributed by atoms with Gasteiger partial charge in [-0.1, -0.05) is 11.6 Å². The van der Waals surface area contributed by atoms with E-state index in [1.165, 1.54) is 0 Å². The number of hydrogen-bond acceptors (Lipinski definition) is 3. The highest BCUT2D eigenvalue weighted by atomic mass is 35.5. The average molecular weight is 256 g/mol. The lowest BCUT2D eigenvalue weighted by molar-refractivity contribution is -0.112. The summed E-state index contributed by atoms with van der Waals surface area (Å²) in [6.07, 6.45) is 3.17. The van der Waals surface area contributed by atoms with Crippen molar-refractivity contribution in [3.05, 3.63) is 16.4 Å². The lowest BCUT2D eigenvalue weighted by atomic mass is 9.99. The van der Waals surface area contributed by atoms with Gasteiger partial charge in [0.25, 0.3) is 0 Å². The van der Waals surface area contributed by atoms with Crippen LogP contribution in [-0.2, 0) is 18.4 Å². The van der Waals surface area contributed by atoms with Gasteiger partial charge in [-0.3, -0.25) is 9.58 Å². The van der Waals surface area contributed by atoms with Gasteiger partial charge in [-0.2, -0.15) is 5.10 Å². The van der Waals surface area contributed by atoms with E-state index in [9.17, 15) is 4.79 Å². The zero-order chi connectivity index (χ0) is 12.4. The van der Waals surface area contributed by atoms with Gasteiger partial charge in [0.05, 0.1) is 5.69 Å². The minimum atomic E-state index is 0.180. The van der Waals surface area contributed by atoms with Crippen molar-refractivity contribution in [2.45, 2.75) is 26.3 Å². The molecule has 1 aromatic heterocycles. The molecule has 0 radical (unpaired) electrons. The first kappa shape index (κ1) is 12.6. The molecule has 0 bridgehead atoms. The second-order valence-corrected chi connectivity index (χ2v) is 5.11. The van der Waals surface area contributed by atoms with Gasteiger partial charge >= 0.3 is 0 Å². The number of halogens is 1. The Labute approximate surface area is 107 Å². The van der Waals surface area contributed by atoms with Crippen LogP contribution in [0, 0.1) is 12.8 Å². The van der Waals surface area contributed by atoms with Crippen LogP contribution in [0.4, 0.5) is 0 Å². The average Bonchev–Trinajstić information content (AvgIpc) is 2.56. The Morgan fingerprint density at radius 1 is 1.59 bits per heavy atom. The van der Waals surface area contributed by atoms with E-state index in [1.54, 1.807) is 4.68 Å². The van der Waals surface area contributed by atoms with Crippen molar-refractivity contribution in [3.63, 3.8) is 0 Å². The van der Waals surface area contributed by atoms with Crippen molar-refractivity contribution in [1.29, 1.82) is 0 Å². The Morgan fingerprint density at radius 2 is 2.35 bits per heavy atom. The fraction of sp³-hybridized carbons (Fsp3) is 0.667. The second kappa shape index (κ2) is 5.19. The lowest BCUT2D eigenvalue weighted by Gasteiger charge is -2.29. The number of piperidine rings is 1. The van der Waals surface area contributed by atoms with E-state index in [0.29, 0.717) is 5.15 Å². The normalized spacial score (nSPS) is 21.7. The number of likely N-dealkylation sites (tertiary alicyclic amines) is 1. The van der Waals surface area contributed by atoms with Crippen molar-refractivity contribution in [1.82, 2.24) is 14.7 Å². The van der Waals surface area contributed by atoms with E-state index in [4.69, 9.17) is 11.6 Å². The maximum atomic E-state index is 10.8. The third-order valence-corrected chi connectivity index (χ3v) is 3.86. The van der Waals surface area contributed by atoms with Crippen LogP contribution in [0.5, 0.6) is 0 Å². The molecule has 0 aliphatic carbocycles. The summed E-state index contributed by atoms with van der Waals surface area (Å²) in [5.74, 6) is 0.180. The highest BCUT2D eigenvalue weighted by molar-refractivity contribution is 6.30. The van der Waals surface area contributed by atoms with E-state index in [2.05, 4.69) is 10.00 Å². The molecule has 0 amide bonds. The maximum absolute atomic E-state index is 10.8. The summed E-state index contributed by atoms with van der Waals surface area (Å²) in [6.45, 7) is 4.65. The number of nitrogens with zero attached hydrogens (tertiary/aromatic N) is 3. The zero-order valence-corrected chi connectivity index (χ0v) is 11.1. The molecular formula is C12H18ClN3O. The molecular weight excluding hydrogens is 238 g/mol. The lowest BCUT2D eigenvalue weighted by Crippen LogP contribution is -2.35. The molecule has 1 aromatic rings. The smallest absolute Gasteiger partial charge is 0.131 e. The number of aromatic nitrogens is 2. The molecule has 1 aliphatic rings. The van der Waals surface area contributed by atoms with Crippen LogP contribution in [0.15, 0.2) is 0 Å². The molecule has 1 fully saturated rings. The Kier molecular flexibility index (Phi) is 3.84. The maximum Gasteiger partial charge on any atom is 0.131 e. The second-order valence-electron chi connectivity index (χ2n) is 4.75. The molecule has 1 saturated heterocycles. The van der Waals surface area contributed by atoms with Gasteiger partial charge < -0.3 is 4.79 Å². The molecule has 0 saturated carbocycles. The van der Waals surface area contributed by atoms with E-state index < -0.39 is 0 Å². The van der Waals surface area contributed by atoms with Gasteiger partial charge in [-0.15, -0.1) is 0 Å². The highest BCUT2D eigenvalue weighted by Crippen LogP contribution is 2.23. The van der Waals surface area contributed by atoms with Crippen LogP contribution < -0.4 is 0 Å². The number of aldehydes is 1. The molecule has 1 unspecified atom stereocenters. The van der Waals surface area contributed by atoms with Crippen LogP contribution >= 0.6 is 11.6 Å². The first-order chi connectivity index (χ1) is 8.11. The number of rotatable bonds is 3. The van der Waals surface area contributed by atoms with Crippen LogP contribution in [0.1, 0.15) is 24.1 Å². The Hall–Kier alpha value is -0.870. The van der Waals surface area contributed by atoms with Gasteiger partial charge in [0.2, 0.25) is 0 Å². The summed E-state index contributed by atoms with van der Waals surface area (Å²) in [7, 11) is 1.85. The van der Waals surface area contributed by atoms with Gasteiger partial charge in [-0.05, 0) is 26.3 Å². The van der Waals surface area contributed by atoms with Gasteiger partial charge in [0.1, 0.15) is 11.4 Å². The number of aryl methyl sites for hydroxylation is 2. The zero-order valence-electron chi connectivity index (χ0n) is 10.3. The van der Waals surface area contributed by atoms with Gasteiger partial charge in [-0.25, -0.2) is 0 Å². The summed E-state index contributed by atoms with van der Waals surface area (Å²) >= 11 is 6.21. The molecule has 2 rings (SSSR count). The third-order valence-electron chi connectivity index (χ3n) is 3.39. The largest absolute Gasteiger partial charge is 0.303 e. The Bertz CT molecular complexity index is 416. The third kappa shape index (κ3) is 2.69. The molecule has 4 nitrogen and oxygen atoms in total. The molecule has 0 spiro atoms. The van der Waals surface area contributed by atoms with Crippen LogP contribution in [-0.4, -0.2) is 34.1 Å². The summed E-state index contributed by atoms with van der Waals surface area (Å²) in [5, 5.41) is 5.01. The van der Waals surface area contributed by atoms with Crippen molar-refractivity contribution in [3.8, 4) is 0 Å². The predicted octanol–water partition coefficient (Wildman–Crippen LogP) is 1.79. The minimum absolute atomic E-state index is 0.180. The summed E-state index contributed by atoms with van der Waals surface area (Å²) in [5.41, 5.74) is 2.06. The minimum Gasteiger partial charge on any atom is -0.303 e. The topological polar surface area (TPSA) is 38.1 Å². The van der Waals surface area contributed by atoms with Crippen molar-refractivity contribution >= 4 is 17.9 Å². The molecule has 2 heterocycles. The molecule has 1 atom stereocenters. The fourth-order valence-corrected chi connectivity index (χ4v) is 2.66. The SMILES string of the molecule is Cc1nn(C)c(Cl)c1CN1CCCC(C=O)C1. The molecule has 5 heteroatoms. The van der Waals surface area contributed by atoms with E-state index >= 15 is 0 Å². The summed E-state index contributed by atoms with van der Waals surface area (Å²) in [6, 6.07) is 0. The summed E-state index contributed by atoms with van der Waals surface area (Å²) < 4.78 is 1.70. The van der Waals surface area contributed by atoms with Crippen LogP contribution in [0.25, 0.3) is 0 Å². The first-order valence-electron chi connectivity index (χ1n) is 5.97. The highest BCUT2D eigenvalue weighted by Gasteiger charge is 2.21. The van der Waals surface area contributed by atoms with Crippen LogP contribution in [0.3, 0.4) is 0 Å². The number of carbonyl (C=O) groups is 1. The van der Waals surface area contributed by atoms with Crippen molar-refractivity contribution < 1.29 is 4.79 Å². The Morgan fingerprint density at radius 3 is 2.94 bits per heavy atom. The first-order valence-corrected chi connectivity index (χ1v) is 6.35. The van der Waals surface area contributed by atoms with Crippen molar-refractivity contribution in [2.75, 3.05) is 13.1 Å². The summed E-state index contributed by atoms with van der Waals surface area (Å²) in [4.78, 5) is 13.1. The Balaban J connectivity index is 2.07. The fourth-order valence-electron chi connectivity index (χ4n) is 2.42. The van der Waals surface area contributed by atoms with Gasteiger partial charge in [0, 0.05) is 31.6 Å². The number of carbonyl (C=O) groups excluding carboxylic acids is 1. The van der Waals surface area contributed by atoms with Gasteiger partial charge in [0.15, 0.2) is 0 Å². The molecule has 0 N–H and O–H groups in total. The van der Waals surface area contributed by atoms with E-state index in [0.717, 1.165) is 50.0 Å². The van der Waals surface area contributed by atoms with E-state index in [-0.39, 0.29) is 5.92 Å². The standard InChI is InChI=1S/C12H18ClN3O/c1-9-11(12(13)15(2)14-9)7-16-5-3-4-10(6-16)8-17/h8,10H,3-7H2,1-2H3. The molecule has 17 heavy (non-hydrogen) atoms. The quantitative estimate of drug-likeness (QED) is 0.773. The van der Waals surface area contributed by atoms with Crippen LogP contribution in [0.2, 0.25) is 5.15 Å². The predicted molar refractivity (Wildman–Crippen MR) is 67.0 cm³/mol. The van der Waals surface area contributed by atoms with E-state index in [1.807, 2.05) is 14.0 Å². The number of hydrogen-bond donors (Lipinski definition) is 0. The molecule has 94 valence electrons. The molecule has 0 aromatic carbocycles.